The molecule has 116 valence electrons. The molecular formula is C14H13Cl2N3O2S. The molecule has 1 aromatic heterocycles. The number of rotatable bonds is 3. The van der Waals surface area contributed by atoms with E-state index in [1.165, 1.54) is 18.3 Å². The Labute approximate surface area is 141 Å². The first kappa shape index (κ1) is 15.5. The molecule has 0 spiro atoms. The number of carbonyl (C=O) groups excluding carboxylic acids is 2. The predicted octanol–water partition coefficient (Wildman–Crippen LogP) is 3.78. The minimum atomic E-state index is -1.01. The molecule has 1 aliphatic carbocycles. The molecule has 0 aliphatic heterocycles. The number of benzene rings is 1. The predicted molar refractivity (Wildman–Crippen MR) is 89.7 cm³/mol. The fourth-order valence-electron chi connectivity index (χ4n) is 2.14. The lowest BCUT2D eigenvalue weighted by molar-refractivity contribution is -0.120. The minimum absolute atomic E-state index is 0.139. The van der Waals surface area contributed by atoms with Gasteiger partial charge in [-0.3, -0.25) is 9.59 Å². The largest absolute Gasteiger partial charge is 0.326 e. The van der Waals surface area contributed by atoms with E-state index in [4.69, 9.17) is 23.2 Å². The summed E-state index contributed by atoms with van der Waals surface area (Å²) in [6.07, 6.45) is 0.423. The number of nitrogens with zero attached hydrogens (tertiary/aromatic N) is 1. The van der Waals surface area contributed by atoms with Crippen LogP contribution in [0.25, 0.3) is 10.2 Å². The van der Waals surface area contributed by atoms with Crippen molar-refractivity contribution in [3.8, 4) is 0 Å². The number of aromatic nitrogens is 1. The number of carbonyl (C=O) groups is 2. The van der Waals surface area contributed by atoms with Gasteiger partial charge in [-0.2, -0.15) is 0 Å². The highest BCUT2D eigenvalue weighted by atomic mass is 35.5. The monoisotopic (exact) mass is 357 g/mol. The van der Waals surface area contributed by atoms with E-state index >= 15 is 0 Å². The molecule has 0 bridgehead atoms. The Balaban J connectivity index is 1.81. The molecule has 8 heteroatoms. The van der Waals surface area contributed by atoms with E-state index < -0.39 is 9.75 Å². The van der Waals surface area contributed by atoms with Crippen molar-refractivity contribution in [2.75, 3.05) is 10.6 Å². The number of amides is 2. The second-order valence-electron chi connectivity index (χ2n) is 5.55. The molecule has 0 radical (unpaired) electrons. The highest BCUT2D eigenvalue weighted by molar-refractivity contribution is 7.22. The number of halogens is 2. The fourth-order valence-corrected chi connectivity index (χ4v) is 3.75. The molecule has 2 amide bonds. The Bertz CT molecular complexity index is 789. The van der Waals surface area contributed by atoms with Crippen LogP contribution in [0.4, 0.5) is 10.8 Å². The molecule has 3 rings (SSSR count). The van der Waals surface area contributed by atoms with Crippen molar-refractivity contribution >= 4 is 67.4 Å². The number of hydrogen-bond donors (Lipinski definition) is 2. The normalized spacial score (nSPS) is 22.4. The van der Waals surface area contributed by atoms with Gasteiger partial charge in [0.25, 0.3) is 0 Å². The lowest BCUT2D eigenvalue weighted by atomic mass is 10.1. The van der Waals surface area contributed by atoms with Crippen LogP contribution >= 0.6 is 34.5 Å². The van der Waals surface area contributed by atoms with Crippen LogP contribution in [0.3, 0.4) is 0 Å². The molecule has 2 aromatic rings. The average molecular weight is 358 g/mol. The Morgan fingerprint density at radius 2 is 2.00 bits per heavy atom. The van der Waals surface area contributed by atoms with Crippen molar-refractivity contribution in [1.82, 2.24) is 4.98 Å². The van der Waals surface area contributed by atoms with E-state index in [2.05, 4.69) is 15.6 Å². The van der Waals surface area contributed by atoms with Gasteiger partial charge in [-0.1, -0.05) is 11.3 Å². The van der Waals surface area contributed by atoms with Gasteiger partial charge in [-0.15, -0.1) is 23.2 Å². The summed E-state index contributed by atoms with van der Waals surface area (Å²) in [6.45, 7) is 3.17. The maximum atomic E-state index is 12.2. The molecule has 2 N–H and O–H groups in total. The van der Waals surface area contributed by atoms with Crippen molar-refractivity contribution in [1.29, 1.82) is 0 Å². The van der Waals surface area contributed by atoms with Crippen molar-refractivity contribution in [3.63, 3.8) is 0 Å². The van der Waals surface area contributed by atoms with E-state index in [0.29, 0.717) is 17.2 Å². The van der Waals surface area contributed by atoms with Crippen LogP contribution in [-0.4, -0.2) is 21.1 Å². The van der Waals surface area contributed by atoms with Crippen LogP contribution < -0.4 is 10.6 Å². The summed E-state index contributed by atoms with van der Waals surface area (Å²) in [4.78, 5) is 27.7. The number of hydrogen-bond acceptors (Lipinski definition) is 4. The van der Waals surface area contributed by atoms with E-state index in [0.717, 1.165) is 10.2 Å². The zero-order valence-corrected chi connectivity index (χ0v) is 14.2. The molecule has 22 heavy (non-hydrogen) atoms. The lowest BCUT2D eigenvalue weighted by Gasteiger charge is -2.10. The summed E-state index contributed by atoms with van der Waals surface area (Å²) in [5, 5.41) is 5.96. The Morgan fingerprint density at radius 3 is 2.59 bits per heavy atom. The summed E-state index contributed by atoms with van der Waals surface area (Å²) < 4.78 is -0.141. The SMILES string of the molecule is CC(=O)Nc1ccc2nc(NC(=O)C3(C)CC3(Cl)Cl)sc2c1. The van der Waals surface area contributed by atoms with Gasteiger partial charge in [0.05, 0.1) is 15.6 Å². The van der Waals surface area contributed by atoms with Gasteiger partial charge in [0.1, 0.15) is 4.33 Å². The van der Waals surface area contributed by atoms with Gasteiger partial charge in [0.2, 0.25) is 11.8 Å². The molecule has 0 saturated heterocycles. The molecule has 1 aromatic carbocycles. The summed E-state index contributed by atoms with van der Waals surface area (Å²) >= 11 is 13.3. The first-order valence-corrected chi connectivity index (χ1v) is 8.16. The topological polar surface area (TPSA) is 71.1 Å². The number of nitrogens with one attached hydrogen (secondary N) is 2. The molecule has 1 heterocycles. The summed E-state index contributed by atoms with van der Waals surface area (Å²) in [5.74, 6) is -0.377. The Kier molecular flexibility index (Phi) is 3.58. The minimum Gasteiger partial charge on any atom is -0.326 e. The zero-order chi connectivity index (χ0) is 16.1. The summed E-state index contributed by atoms with van der Waals surface area (Å²) in [7, 11) is 0. The first-order valence-electron chi connectivity index (χ1n) is 6.59. The fraction of sp³-hybridized carbons (Fsp3) is 0.357. The molecule has 5 nitrogen and oxygen atoms in total. The number of thiazole rings is 1. The smallest absolute Gasteiger partial charge is 0.235 e. The number of alkyl halides is 2. The maximum absolute atomic E-state index is 12.2. The van der Waals surface area contributed by atoms with Crippen LogP contribution in [0.5, 0.6) is 0 Å². The van der Waals surface area contributed by atoms with Crippen molar-refractivity contribution in [3.05, 3.63) is 18.2 Å². The van der Waals surface area contributed by atoms with Gasteiger partial charge in [-0.25, -0.2) is 4.98 Å². The Morgan fingerprint density at radius 1 is 1.32 bits per heavy atom. The van der Waals surface area contributed by atoms with Gasteiger partial charge in [0, 0.05) is 12.6 Å². The molecule has 1 saturated carbocycles. The highest BCUT2D eigenvalue weighted by Crippen LogP contribution is 2.64. The molecular weight excluding hydrogens is 345 g/mol. The first-order chi connectivity index (χ1) is 10.2. The third-order valence-corrected chi connectivity index (χ3v) is 5.72. The van der Waals surface area contributed by atoms with E-state index in [9.17, 15) is 9.59 Å². The van der Waals surface area contributed by atoms with Gasteiger partial charge in [-0.05, 0) is 31.5 Å². The second kappa shape index (κ2) is 5.08. The van der Waals surface area contributed by atoms with Crippen LogP contribution in [0, 0.1) is 5.41 Å². The summed E-state index contributed by atoms with van der Waals surface area (Å²) in [6, 6.07) is 5.37. The third-order valence-electron chi connectivity index (χ3n) is 3.69. The van der Waals surface area contributed by atoms with Gasteiger partial charge < -0.3 is 10.6 Å². The molecule has 1 atom stereocenters. The van der Waals surface area contributed by atoms with Crippen LogP contribution in [0.1, 0.15) is 20.3 Å². The van der Waals surface area contributed by atoms with E-state index in [-0.39, 0.29) is 11.8 Å². The average Bonchev–Trinajstić information content (AvgIpc) is 2.76. The van der Waals surface area contributed by atoms with Gasteiger partial charge in [0.15, 0.2) is 5.13 Å². The van der Waals surface area contributed by atoms with Crippen molar-refractivity contribution in [2.24, 2.45) is 5.41 Å². The maximum Gasteiger partial charge on any atom is 0.235 e. The van der Waals surface area contributed by atoms with E-state index in [1.807, 2.05) is 6.07 Å². The third kappa shape index (κ3) is 2.66. The molecule has 1 fully saturated rings. The van der Waals surface area contributed by atoms with E-state index in [1.54, 1.807) is 19.1 Å². The number of fused-ring (bicyclic) bond motifs is 1. The van der Waals surface area contributed by atoms with Crippen LogP contribution in [0.2, 0.25) is 0 Å². The Hall–Kier alpha value is -1.37. The molecule has 1 aliphatic rings. The standard InChI is InChI=1S/C14H13Cl2N3O2S/c1-7(20)17-8-3-4-9-10(5-8)22-12(18-9)19-11(21)13(2)6-14(13,15)16/h3-5H,6H2,1-2H3,(H,17,20)(H,18,19,21). The second-order valence-corrected chi connectivity index (χ2v) is 8.06. The summed E-state index contributed by atoms with van der Waals surface area (Å²) in [5.41, 5.74) is 0.657. The van der Waals surface area contributed by atoms with Crippen molar-refractivity contribution < 1.29 is 9.59 Å². The van der Waals surface area contributed by atoms with Gasteiger partial charge >= 0.3 is 0 Å². The van der Waals surface area contributed by atoms with Crippen LogP contribution in [0.15, 0.2) is 18.2 Å². The lowest BCUT2D eigenvalue weighted by Crippen LogP contribution is -2.25. The zero-order valence-electron chi connectivity index (χ0n) is 11.9. The quantitative estimate of drug-likeness (QED) is 0.821. The number of anilines is 2. The van der Waals surface area contributed by atoms with Crippen molar-refractivity contribution in [2.45, 2.75) is 24.6 Å². The van der Waals surface area contributed by atoms with Crippen LogP contribution in [-0.2, 0) is 9.59 Å². The highest BCUT2D eigenvalue weighted by Gasteiger charge is 2.68. The molecule has 1 unspecified atom stereocenters.